The molecule has 1 aliphatic rings. The van der Waals surface area contributed by atoms with Crippen LogP contribution in [0.3, 0.4) is 0 Å². The fraction of sp³-hybridized carbons (Fsp3) is 0.350. The van der Waals surface area contributed by atoms with Crippen LogP contribution in [0.15, 0.2) is 47.4 Å². The van der Waals surface area contributed by atoms with Crippen molar-refractivity contribution in [1.82, 2.24) is 4.31 Å². The van der Waals surface area contributed by atoms with E-state index in [0.29, 0.717) is 24.5 Å². The molecular formula is C20H24N2O4S. The molecule has 0 unspecified atom stereocenters. The van der Waals surface area contributed by atoms with E-state index in [2.05, 4.69) is 5.32 Å². The molecular weight excluding hydrogens is 364 g/mol. The van der Waals surface area contributed by atoms with E-state index in [1.165, 1.54) is 16.4 Å². The molecule has 1 N–H and O–H groups in total. The predicted octanol–water partition coefficient (Wildman–Crippen LogP) is 3.11. The quantitative estimate of drug-likeness (QED) is 0.825. The largest absolute Gasteiger partial charge is 0.483 e. The molecule has 0 aliphatic carbocycles. The normalized spacial score (nSPS) is 14.9. The van der Waals surface area contributed by atoms with Crippen LogP contribution in [-0.4, -0.2) is 38.3 Å². The lowest BCUT2D eigenvalue weighted by molar-refractivity contribution is -0.118. The van der Waals surface area contributed by atoms with Crippen LogP contribution in [0.25, 0.3) is 0 Å². The van der Waals surface area contributed by atoms with Gasteiger partial charge in [0.1, 0.15) is 5.75 Å². The molecule has 0 atom stereocenters. The van der Waals surface area contributed by atoms with Crippen molar-refractivity contribution >= 4 is 21.6 Å². The Balaban J connectivity index is 1.58. The minimum atomic E-state index is -3.44. The van der Waals surface area contributed by atoms with Crippen LogP contribution in [0.2, 0.25) is 0 Å². The molecule has 2 aromatic carbocycles. The molecule has 3 rings (SSSR count). The molecule has 0 saturated carbocycles. The SMILES string of the molecule is Cc1ccc(OCC(=O)Nc2ccc(S(=O)(=O)N3CCCC3)cc2)c(C)c1. The third-order valence-corrected chi connectivity index (χ3v) is 6.44. The van der Waals surface area contributed by atoms with Gasteiger partial charge in [0.05, 0.1) is 4.90 Å². The number of rotatable bonds is 6. The number of ether oxygens (including phenoxy) is 1. The first-order valence-corrected chi connectivity index (χ1v) is 10.4. The van der Waals surface area contributed by atoms with E-state index < -0.39 is 10.0 Å². The summed E-state index contributed by atoms with van der Waals surface area (Å²) in [6, 6.07) is 12.0. The van der Waals surface area contributed by atoms with E-state index in [9.17, 15) is 13.2 Å². The van der Waals surface area contributed by atoms with E-state index in [4.69, 9.17) is 4.74 Å². The van der Waals surface area contributed by atoms with Gasteiger partial charge in [-0.2, -0.15) is 4.31 Å². The zero-order valence-corrected chi connectivity index (χ0v) is 16.4. The zero-order chi connectivity index (χ0) is 19.4. The molecule has 7 heteroatoms. The van der Waals surface area contributed by atoms with Gasteiger partial charge >= 0.3 is 0 Å². The number of hydrogen-bond donors (Lipinski definition) is 1. The molecule has 1 aliphatic heterocycles. The summed E-state index contributed by atoms with van der Waals surface area (Å²) in [5.74, 6) is 0.368. The maximum atomic E-state index is 12.5. The molecule has 1 fully saturated rings. The summed E-state index contributed by atoms with van der Waals surface area (Å²) in [6.45, 7) is 4.95. The predicted molar refractivity (Wildman–Crippen MR) is 104 cm³/mol. The second-order valence-corrected chi connectivity index (χ2v) is 8.68. The standard InChI is InChI=1S/C20H24N2O4S/c1-15-5-10-19(16(2)13-15)26-14-20(23)21-17-6-8-18(9-7-17)27(24,25)22-11-3-4-12-22/h5-10,13H,3-4,11-12,14H2,1-2H3,(H,21,23). The Morgan fingerprint density at radius 3 is 2.37 bits per heavy atom. The molecule has 27 heavy (non-hydrogen) atoms. The topological polar surface area (TPSA) is 75.7 Å². The number of carbonyl (C=O) groups excluding carboxylic acids is 1. The van der Waals surface area contributed by atoms with Crippen molar-refractivity contribution in [2.45, 2.75) is 31.6 Å². The molecule has 0 spiro atoms. The summed E-state index contributed by atoms with van der Waals surface area (Å²) in [7, 11) is -3.44. The first-order valence-electron chi connectivity index (χ1n) is 8.96. The number of amides is 1. The van der Waals surface area contributed by atoms with Gasteiger partial charge in [-0.3, -0.25) is 4.79 Å². The Hall–Kier alpha value is -2.38. The minimum Gasteiger partial charge on any atom is -0.483 e. The average molecular weight is 388 g/mol. The Morgan fingerprint density at radius 1 is 1.07 bits per heavy atom. The fourth-order valence-corrected chi connectivity index (χ4v) is 4.61. The fourth-order valence-electron chi connectivity index (χ4n) is 3.09. The molecule has 0 bridgehead atoms. The number of anilines is 1. The lowest BCUT2D eigenvalue weighted by Gasteiger charge is -2.15. The van der Waals surface area contributed by atoms with Gasteiger partial charge in [-0.25, -0.2) is 8.42 Å². The average Bonchev–Trinajstić information content (AvgIpc) is 3.17. The van der Waals surface area contributed by atoms with E-state index >= 15 is 0 Å². The highest BCUT2D eigenvalue weighted by atomic mass is 32.2. The number of hydrogen-bond acceptors (Lipinski definition) is 4. The molecule has 1 amide bonds. The molecule has 6 nitrogen and oxygen atoms in total. The molecule has 0 radical (unpaired) electrons. The first-order chi connectivity index (χ1) is 12.9. The van der Waals surface area contributed by atoms with Crippen molar-refractivity contribution < 1.29 is 17.9 Å². The van der Waals surface area contributed by atoms with Crippen LogP contribution in [0, 0.1) is 13.8 Å². The van der Waals surface area contributed by atoms with Gasteiger partial charge in [0.15, 0.2) is 6.61 Å². The van der Waals surface area contributed by atoms with Crippen molar-refractivity contribution in [2.75, 3.05) is 25.0 Å². The van der Waals surface area contributed by atoms with E-state index in [0.717, 1.165) is 24.0 Å². The van der Waals surface area contributed by atoms with Crippen LogP contribution in [-0.2, 0) is 14.8 Å². The number of carbonyl (C=O) groups is 1. The Kier molecular flexibility index (Phi) is 5.82. The van der Waals surface area contributed by atoms with Gasteiger partial charge in [0.25, 0.3) is 5.91 Å². The van der Waals surface area contributed by atoms with Crippen molar-refractivity contribution in [3.63, 3.8) is 0 Å². The zero-order valence-electron chi connectivity index (χ0n) is 15.6. The van der Waals surface area contributed by atoms with Crippen LogP contribution < -0.4 is 10.1 Å². The summed E-state index contributed by atoms with van der Waals surface area (Å²) in [4.78, 5) is 12.3. The monoisotopic (exact) mass is 388 g/mol. The summed E-state index contributed by atoms with van der Waals surface area (Å²) >= 11 is 0. The van der Waals surface area contributed by atoms with E-state index in [1.54, 1.807) is 12.1 Å². The Bertz CT molecular complexity index is 917. The second-order valence-electron chi connectivity index (χ2n) is 6.74. The highest BCUT2D eigenvalue weighted by molar-refractivity contribution is 7.89. The lowest BCUT2D eigenvalue weighted by Crippen LogP contribution is -2.27. The third kappa shape index (κ3) is 4.67. The minimum absolute atomic E-state index is 0.113. The van der Waals surface area contributed by atoms with Gasteiger partial charge in [0, 0.05) is 18.8 Å². The van der Waals surface area contributed by atoms with Crippen molar-refractivity contribution in [3.8, 4) is 5.75 Å². The maximum Gasteiger partial charge on any atom is 0.262 e. The van der Waals surface area contributed by atoms with Crippen LogP contribution in [0.1, 0.15) is 24.0 Å². The molecule has 0 aromatic heterocycles. The molecule has 2 aromatic rings. The van der Waals surface area contributed by atoms with Crippen LogP contribution >= 0.6 is 0 Å². The Labute approximate surface area is 160 Å². The van der Waals surface area contributed by atoms with E-state index in [-0.39, 0.29) is 17.4 Å². The van der Waals surface area contributed by atoms with Crippen molar-refractivity contribution in [3.05, 3.63) is 53.6 Å². The number of sulfonamides is 1. The highest BCUT2D eigenvalue weighted by Gasteiger charge is 2.26. The van der Waals surface area contributed by atoms with Gasteiger partial charge in [-0.05, 0) is 62.6 Å². The molecule has 1 saturated heterocycles. The summed E-state index contributed by atoms with van der Waals surface area (Å²) in [5, 5.41) is 2.72. The maximum absolute atomic E-state index is 12.5. The van der Waals surface area contributed by atoms with Gasteiger partial charge < -0.3 is 10.1 Å². The smallest absolute Gasteiger partial charge is 0.262 e. The van der Waals surface area contributed by atoms with Crippen molar-refractivity contribution in [1.29, 1.82) is 0 Å². The molecule has 1 heterocycles. The number of aryl methyl sites for hydroxylation is 2. The van der Waals surface area contributed by atoms with Gasteiger partial charge in [-0.1, -0.05) is 17.7 Å². The number of nitrogens with zero attached hydrogens (tertiary/aromatic N) is 1. The summed E-state index contributed by atoms with van der Waals surface area (Å²) in [5.41, 5.74) is 2.64. The molecule has 144 valence electrons. The van der Waals surface area contributed by atoms with Gasteiger partial charge in [0.2, 0.25) is 10.0 Å². The highest BCUT2D eigenvalue weighted by Crippen LogP contribution is 2.22. The second kappa shape index (κ2) is 8.10. The number of nitrogens with one attached hydrogen (secondary N) is 1. The van der Waals surface area contributed by atoms with Crippen LogP contribution in [0.5, 0.6) is 5.75 Å². The van der Waals surface area contributed by atoms with E-state index in [1.807, 2.05) is 32.0 Å². The third-order valence-electron chi connectivity index (χ3n) is 4.53. The first kappa shape index (κ1) is 19.4. The number of benzene rings is 2. The van der Waals surface area contributed by atoms with Crippen LogP contribution in [0.4, 0.5) is 5.69 Å². The summed E-state index contributed by atoms with van der Waals surface area (Å²) in [6.07, 6.45) is 1.79. The summed E-state index contributed by atoms with van der Waals surface area (Å²) < 4.78 is 32.1. The van der Waals surface area contributed by atoms with Gasteiger partial charge in [-0.15, -0.1) is 0 Å². The Morgan fingerprint density at radius 2 is 1.74 bits per heavy atom. The lowest BCUT2D eigenvalue weighted by atomic mass is 10.1. The van der Waals surface area contributed by atoms with Crippen molar-refractivity contribution in [2.24, 2.45) is 0 Å².